The third kappa shape index (κ3) is 3.00. The van der Waals surface area contributed by atoms with Crippen LogP contribution in [0.3, 0.4) is 0 Å². The molecule has 0 aliphatic heterocycles. The molecule has 2 heteroatoms. The van der Waals surface area contributed by atoms with Gasteiger partial charge < -0.3 is 0 Å². The summed E-state index contributed by atoms with van der Waals surface area (Å²) in [5, 5.41) is 0. The molecule has 2 aromatic rings. The summed E-state index contributed by atoms with van der Waals surface area (Å²) in [4.78, 5) is 0. The zero-order valence-electron chi connectivity index (χ0n) is 16.4. The second-order valence-electron chi connectivity index (χ2n) is 7.91. The molecule has 0 heterocycles. The first-order valence-electron chi connectivity index (χ1n) is 10.1. The maximum atomic E-state index is 2.50. The number of hydrogen-bond acceptors (Lipinski definition) is 0. The van der Waals surface area contributed by atoms with Crippen molar-refractivity contribution in [2.75, 3.05) is 0 Å². The van der Waals surface area contributed by atoms with Crippen molar-refractivity contribution in [1.29, 1.82) is 0 Å². The molecule has 0 bridgehead atoms. The number of allylic oxidation sites excluding steroid dienone is 2. The molecule has 2 atom stereocenters. The van der Waals surface area contributed by atoms with Gasteiger partial charge in [-0.3, -0.25) is 0 Å². The van der Waals surface area contributed by atoms with Crippen LogP contribution >= 0.6 is 0 Å². The monoisotopic (exact) mass is 435 g/mol. The minimum atomic E-state index is -1.79. The van der Waals surface area contributed by atoms with E-state index in [1.165, 1.54) is 23.2 Å². The fourth-order valence-corrected chi connectivity index (χ4v) is 33.7. The quantitative estimate of drug-likeness (QED) is 0.458. The molecule has 133 valence electrons. The molecule has 0 amide bonds. The van der Waals surface area contributed by atoms with E-state index in [0.717, 1.165) is 7.25 Å². The predicted octanol–water partition coefficient (Wildman–Crippen LogP) is 6.68. The van der Waals surface area contributed by atoms with Crippen LogP contribution in [0, 0.1) is 0 Å². The van der Waals surface area contributed by atoms with Crippen molar-refractivity contribution in [2.24, 2.45) is 0 Å². The first-order chi connectivity index (χ1) is 12.7. The van der Waals surface area contributed by atoms with E-state index < -0.39 is 26.8 Å². The van der Waals surface area contributed by atoms with E-state index in [9.17, 15) is 0 Å². The standard InChI is InChI=1S/2C10H9.C4H11Si.Zr/c2*1-8-6-9-4-2-3-5-10(9)7-8;1-3-5-4-2;/h2*2-7H,1H3;5H,3-4H2,1-2H3;. The van der Waals surface area contributed by atoms with Gasteiger partial charge in [0.15, 0.2) is 0 Å². The summed E-state index contributed by atoms with van der Waals surface area (Å²) >= 11 is -1.79. The third-order valence-electron chi connectivity index (χ3n) is 6.41. The van der Waals surface area contributed by atoms with Gasteiger partial charge in [-0.2, -0.15) is 0 Å². The topological polar surface area (TPSA) is 0 Å². The van der Waals surface area contributed by atoms with Gasteiger partial charge in [0.1, 0.15) is 0 Å². The Morgan fingerprint density at radius 3 is 1.58 bits per heavy atom. The third-order valence-corrected chi connectivity index (χ3v) is 33.3. The van der Waals surface area contributed by atoms with Crippen molar-refractivity contribution in [3.63, 3.8) is 0 Å². The Bertz CT molecular complexity index is 808. The molecule has 0 N–H and O–H groups in total. The van der Waals surface area contributed by atoms with Gasteiger partial charge in [0.2, 0.25) is 0 Å². The molecule has 0 fully saturated rings. The zero-order valence-corrected chi connectivity index (χ0v) is 20.0. The van der Waals surface area contributed by atoms with Gasteiger partial charge in [-0.05, 0) is 0 Å². The van der Waals surface area contributed by atoms with E-state index in [1.807, 2.05) is 0 Å². The van der Waals surface area contributed by atoms with Crippen LogP contribution in [0.25, 0.3) is 12.2 Å². The normalized spacial score (nSPS) is 20.7. The van der Waals surface area contributed by atoms with Crippen LogP contribution in [0.4, 0.5) is 0 Å². The van der Waals surface area contributed by atoms with Crippen LogP contribution in [0.2, 0.25) is 12.1 Å². The molecule has 0 saturated heterocycles. The number of benzene rings is 2. The molecule has 4 rings (SSSR count). The molecule has 2 aliphatic carbocycles. The summed E-state index contributed by atoms with van der Waals surface area (Å²) in [5.74, 6) is -0.693. The van der Waals surface area contributed by atoms with Crippen molar-refractivity contribution in [2.45, 2.75) is 47.0 Å². The van der Waals surface area contributed by atoms with E-state index in [0.29, 0.717) is 0 Å². The average Bonchev–Trinajstić information content (AvgIpc) is 3.15. The summed E-state index contributed by atoms with van der Waals surface area (Å²) in [7, 11) is 0. The van der Waals surface area contributed by atoms with Gasteiger partial charge in [0.25, 0.3) is 0 Å². The van der Waals surface area contributed by atoms with Crippen LogP contribution in [-0.4, -0.2) is 5.92 Å². The van der Waals surface area contributed by atoms with Gasteiger partial charge in [0, 0.05) is 0 Å². The molecule has 2 aromatic carbocycles. The molecule has 0 nitrogen and oxygen atoms in total. The molecule has 0 saturated carbocycles. The van der Waals surface area contributed by atoms with Gasteiger partial charge in [-0.15, -0.1) is 0 Å². The van der Waals surface area contributed by atoms with Crippen molar-refractivity contribution in [3.8, 4) is 0 Å². The van der Waals surface area contributed by atoms with Crippen LogP contribution in [-0.2, 0) is 20.9 Å². The first-order valence-corrected chi connectivity index (χ1v) is 19.4. The molecule has 2 unspecified atom stereocenters. The molecule has 0 spiro atoms. The van der Waals surface area contributed by atoms with Gasteiger partial charge in [-0.25, -0.2) is 0 Å². The Morgan fingerprint density at radius 2 is 1.15 bits per heavy atom. The fourth-order valence-electron chi connectivity index (χ4n) is 5.24. The summed E-state index contributed by atoms with van der Waals surface area (Å²) in [6, 6.07) is 21.4. The van der Waals surface area contributed by atoms with E-state index in [1.54, 1.807) is 22.3 Å². The molecule has 2 aliphatic rings. The Morgan fingerprint density at radius 1 is 0.731 bits per heavy atom. The van der Waals surface area contributed by atoms with Crippen molar-refractivity contribution in [3.05, 3.63) is 81.9 Å². The van der Waals surface area contributed by atoms with Crippen molar-refractivity contribution in [1.82, 2.24) is 0 Å². The van der Waals surface area contributed by atoms with Crippen LogP contribution in [0.5, 0.6) is 0 Å². The van der Waals surface area contributed by atoms with Crippen molar-refractivity contribution < 1.29 is 20.9 Å². The van der Waals surface area contributed by atoms with Crippen LogP contribution < -0.4 is 0 Å². The number of hydrogen-bond donors (Lipinski definition) is 0. The Hall–Kier alpha value is -0.980. The molecule has 0 radical (unpaired) electrons. The van der Waals surface area contributed by atoms with Crippen LogP contribution in [0.15, 0.2) is 59.7 Å². The summed E-state index contributed by atoms with van der Waals surface area (Å²) < 4.78 is 1.59. The van der Waals surface area contributed by atoms with Gasteiger partial charge in [-0.1, -0.05) is 0 Å². The van der Waals surface area contributed by atoms with Crippen molar-refractivity contribution >= 4 is 18.1 Å². The van der Waals surface area contributed by atoms with Gasteiger partial charge >= 0.3 is 168 Å². The second-order valence-corrected chi connectivity index (χ2v) is 26.2. The number of fused-ring (bicyclic) bond motifs is 2. The zero-order chi connectivity index (χ0) is 18.3. The van der Waals surface area contributed by atoms with E-state index in [4.69, 9.17) is 0 Å². The Labute approximate surface area is 167 Å². The predicted molar refractivity (Wildman–Crippen MR) is 114 cm³/mol. The van der Waals surface area contributed by atoms with E-state index in [2.05, 4.69) is 88.4 Å². The van der Waals surface area contributed by atoms with Crippen LogP contribution in [0.1, 0.15) is 57.2 Å². The molecule has 0 aromatic heterocycles. The Balaban J connectivity index is 1.85. The second kappa shape index (κ2) is 7.56. The summed E-state index contributed by atoms with van der Waals surface area (Å²) in [6.45, 7) is 9.81. The summed E-state index contributed by atoms with van der Waals surface area (Å²) in [5.41, 5.74) is 9.66. The average molecular weight is 437 g/mol. The van der Waals surface area contributed by atoms with Gasteiger partial charge in [0.05, 0.1) is 0 Å². The first kappa shape index (κ1) is 18.4. The molecular formula is C24H29SiZr. The summed E-state index contributed by atoms with van der Waals surface area (Å²) in [6.07, 6.45) is 4.99. The minimum absolute atomic E-state index is 0.693. The van der Waals surface area contributed by atoms with E-state index >= 15 is 0 Å². The Kier molecular flexibility index (Phi) is 5.35. The SMILES string of the molecule is CC[SiH](CC)[Zr]([CH]1C(C)=Cc2ccccc21)[CH]1C(C)=Cc2ccccc21. The fraction of sp³-hybridized carbons (Fsp3) is 0.333. The molecular weight excluding hydrogens is 408 g/mol. The van der Waals surface area contributed by atoms with E-state index in [-0.39, 0.29) is 0 Å². The molecule has 26 heavy (non-hydrogen) atoms. The maximum absolute atomic E-state index is 2.50. The number of rotatable bonds is 5.